The van der Waals surface area contributed by atoms with E-state index in [1.165, 1.54) is 176 Å². The Balaban J connectivity index is 0.959. The van der Waals surface area contributed by atoms with Gasteiger partial charge in [0.1, 0.15) is 0 Å². The summed E-state index contributed by atoms with van der Waals surface area (Å²) in [6.45, 7) is 30.7. The smallest absolute Gasteiger partial charge is 0.0610 e. The van der Waals surface area contributed by atoms with Crippen molar-refractivity contribution in [2.45, 2.75) is 262 Å². The largest absolute Gasteiger partial charge is 0.374 e. The molecule has 1 nitrogen and oxygen atoms in total. The van der Waals surface area contributed by atoms with Gasteiger partial charge in [0.25, 0.3) is 0 Å². The van der Waals surface area contributed by atoms with Crippen LogP contribution >= 0.6 is 45.2 Å². The summed E-state index contributed by atoms with van der Waals surface area (Å²) >= 11 is 5.23. The molecule has 73 heavy (non-hydrogen) atoms. The molecule has 6 fully saturated rings. The lowest BCUT2D eigenvalue weighted by Crippen LogP contribution is -2.51. The van der Waals surface area contributed by atoms with E-state index >= 15 is 0 Å². The van der Waals surface area contributed by atoms with Gasteiger partial charge in [-0.3, -0.25) is 0 Å². The van der Waals surface area contributed by atoms with E-state index < -0.39 is 0 Å². The second kappa shape index (κ2) is 25.9. The molecule has 0 radical (unpaired) electrons. The van der Waals surface area contributed by atoms with E-state index in [0.29, 0.717) is 57.5 Å². The number of allylic oxidation sites excluding steroid dienone is 8. The Kier molecular flexibility index (Phi) is 21.1. The molecule has 6 saturated carbocycles. The fourth-order valence-corrected chi connectivity index (χ4v) is 21.8. The van der Waals surface area contributed by atoms with Gasteiger partial charge in [0.15, 0.2) is 0 Å². The molecule has 3 heteroatoms. The highest BCUT2D eigenvalue weighted by Crippen LogP contribution is 2.70. The van der Waals surface area contributed by atoms with Gasteiger partial charge in [0.05, 0.1) is 12.2 Å². The molecule has 8 aliphatic rings. The van der Waals surface area contributed by atoms with Crippen molar-refractivity contribution in [3.8, 4) is 0 Å². The normalized spacial score (nSPS) is 40.8. The Labute approximate surface area is 481 Å². The molecule has 0 bridgehead atoms. The van der Waals surface area contributed by atoms with E-state index in [1.807, 2.05) is 11.1 Å². The third kappa shape index (κ3) is 12.4. The highest BCUT2D eigenvalue weighted by molar-refractivity contribution is 14.1. The number of ether oxygens (including phenoxy) is 1. The van der Waals surface area contributed by atoms with Crippen LogP contribution in [0.3, 0.4) is 0 Å². The number of hydrogen-bond donors (Lipinski definition) is 0. The number of unbranched alkanes of at least 4 members (excludes halogenated alkanes) is 4. The lowest BCUT2D eigenvalue weighted by Gasteiger charge is -2.59. The maximum atomic E-state index is 7.98. The van der Waals surface area contributed by atoms with Crippen LogP contribution in [0.15, 0.2) is 47.6 Å². The molecule has 20 atom stereocenters. The van der Waals surface area contributed by atoms with Crippen LogP contribution in [0.4, 0.5) is 0 Å². The second-order valence-corrected chi connectivity index (χ2v) is 31.5. The van der Waals surface area contributed by atoms with Crippen molar-refractivity contribution in [1.82, 2.24) is 0 Å². The van der Waals surface area contributed by atoms with E-state index in [4.69, 9.17) is 4.74 Å². The van der Waals surface area contributed by atoms with Gasteiger partial charge in [0, 0.05) is 0 Å². The van der Waals surface area contributed by atoms with Crippen LogP contribution in [0.5, 0.6) is 0 Å². The molecule has 0 saturated heterocycles. The maximum Gasteiger partial charge on any atom is 0.0610 e. The van der Waals surface area contributed by atoms with Crippen molar-refractivity contribution in [3.05, 3.63) is 47.6 Å². The molecule has 8 unspecified atom stereocenters. The topological polar surface area (TPSA) is 9.23 Å². The van der Waals surface area contributed by atoms with Crippen LogP contribution < -0.4 is 0 Å². The quantitative estimate of drug-likeness (QED) is 0.0405. The first kappa shape index (κ1) is 59.5. The first-order valence-corrected chi connectivity index (χ1v) is 35.5. The van der Waals surface area contributed by atoms with Gasteiger partial charge in [-0.25, -0.2) is 0 Å². The predicted octanol–water partition coefficient (Wildman–Crippen LogP) is 21.9. The van der Waals surface area contributed by atoms with E-state index in [9.17, 15) is 0 Å². The highest BCUT2D eigenvalue weighted by Gasteiger charge is 2.61. The van der Waals surface area contributed by atoms with Gasteiger partial charge in [-0.15, -0.1) is 0 Å². The summed E-state index contributed by atoms with van der Waals surface area (Å²) in [6.07, 6.45) is 53.2. The van der Waals surface area contributed by atoms with E-state index in [2.05, 4.69) is 165 Å². The average molecular weight is 1230 g/mol. The monoisotopic (exact) mass is 1230 g/mol. The zero-order valence-corrected chi connectivity index (χ0v) is 54.1. The summed E-state index contributed by atoms with van der Waals surface area (Å²) in [5.41, 5.74) is 5.59. The van der Waals surface area contributed by atoms with Crippen molar-refractivity contribution >= 4 is 45.2 Å². The molecule has 0 aromatic rings. The number of halogens is 2. The van der Waals surface area contributed by atoms with Crippen LogP contribution in [0.2, 0.25) is 0 Å². The molecule has 8 rings (SSSR count). The summed E-state index contributed by atoms with van der Waals surface area (Å²) in [5, 5.41) is 0. The standard InChI is InChI=1S/C70H116I2O/c1-13-51(47(3)4)25-23-49(7)59-31-33-61-57-29-27-55-45-53(35-39-67(55,9)63(57)37-41-69(59,61)11)65(21-17-15-19-43-71)73-66(22-18-16-20-44-72)54-36-40-68(10)56(46-54)28-30-58-62-34-32-60(70(62,12)42-38-64(58)68)50(8)24-26-52(14-2)48(5)6/h23-28,47-54,57-66H,13-22,29-46H2,1-12H3/t49-,50-,51-,52-,53+,54+,57?,58?,59-,60-,61?,62?,63?,64?,65?,66?,67+,68+,69-,70-/m1/s1. The molecule has 0 amide bonds. The number of fused-ring (bicyclic) bond motifs is 10. The molecule has 416 valence electrons. The van der Waals surface area contributed by atoms with Gasteiger partial charge in [-0.2, -0.15) is 0 Å². The average Bonchev–Trinajstić information content (AvgIpc) is 3.92. The first-order valence-electron chi connectivity index (χ1n) is 32.5. The minimum atomic E-state index is 0.400. The maximum absolute atomic E-state index is 7.98. The number of alkyl halides is 2. The van der Waals surface area contributed by atoms with Crippen molar-refractivity contribution in [2.24, 2.45) is 116 Å². The van der Waals surface area contributed by atoms with Crippen LogP contribution in [-0.4, -0.2) is 21.1 Å². The Morgan fingerprint density at radius 1 is 0.507 bits per heavy atom. The Hall–Kier alpha value is 0.380. The van der Waals surface area contributed by atoms with Gasteiger partial charge >= 0.3 is 0 Å². The minimum Gasteiger partial charge on any atom is -0.374 e. The third-order valence-electron chi connectivity index (χ3n) is 25.3. The molecular weight excluding hydrogens is 1110 g/mol. The Bertz CT molecular complexity index is 1740. The molecule has 8 aliphatic carbocycles. The molecule has 0 N–H and O–H groups in total. The second-order valence-electron chi connectivity index (χ2n) is 29.4. The fraction of sp³-hybridized carbons (Fsp3) is 0.886. The zero-order valence-electron chi connectivity index (χ0n) is 49.8. The van der Waals surface area contributed by atoms with Crippen molar-refractivity contribution in [1.29, 1.82) is 0 Å². The van der Waals surface area contributed by atoms with Crippen LogP contribution in [-0.2, 0) is 4.74 Å². The van der Waals surface area contributed by atoms with Gasteiger partial charge in [-0.1, -0.05) is 202 Å². The lowest BCUT2D eigenvalue weighted by molar-refractivity contribution is -0.103. The summed E-state index contributed by atoms with van der Waals surface area (Å²) < 4.78 is 10.6. The summed E-state index contributed by atoms with van der Waals surface area (Å²) in [4.78, 5) is 0. The van der Waals surface area contributed by atoms with E-state index in [1.54, 1.807) is 0 Å². The highest BCUT2D eigenvalue weighted by atomic mass is 127. The Morgan fingerprint density at radius 2 is 0.918 bits per heavy atom. The number of rotatable bonds is 24. The fourth-order valence-electron chi connectivity index (χ4n) is 20.7. The lowest BCUT2D eigenvalue weighted by atomic mass is 9.46. The van der Waals surface area contributed by atoms with Crippen LogP contribution in [0.1, 0.15) is 250 Å². The van der Waals surface area contributed by atoms with E-state index in [0.717, 1.165) is 71.0 Å². The molecule has 0 heterocycles. The van der Waals surface area contributed by atoms with Gasteiger partial charge in [-0.05, 0) is 266 Å². The van der Waals surface area contributed by atoms with Crippen molar-refractivity contribution < 1.29 is 4.74 Å². The molecule has 0 aromatic heterocycles. The Morgan fingerprint density at radius 3 is 1.29 bits per heavy atom. The zero-order chi connectivity index (χ0) is 52.3. The van der Waals surface area contributed by atoms with E-state index in [-0.39, 0.29) is 0 Å². The first-order chi connectivity index (χ1) is 35.0. The minimum absolute atomic E-state index is 0.400. The molecule has 0 aromatic carbocycles. The summed E-state index contributed by atoms with van der Waals surface area (Å²) in [5.74, 6) is 12.8. The summed E-state index contributed by atoms with van der Waals surface area (Å²) in [7, 11) is 0. The summed E-state index contributed by atoms with van der Waals surface area (Å²) in [6, 6.07) is 0. The third-order valence-corrected chi connectivity index (χ3v) is 26.9. The SMILES string of the molecule is CC[C@H](C=C[C@@H](C)[C@H]1CCC2C3CC=C4C[C@@H](C(CCCCCI)OC(CCCCCI)[C@H]5CC[C@@]6(C)C(=CCC7C6CC[C@@]6(C)C7CC[C@@H]6[C@H](C)C=C[C@@H](CC)C(C)C)C5)CC[C@]4(C)C3CC[C@@]21C)C(C)C. The predicted molar refractivity (Wildman–Crippen MR) is 335 cm³/mol. The van der Waals surface area contributed by atoms with Crippen LogP contribution in [0, 0.1) is 116 Å². The van der Waals surface area contributed by atoms with Crippen molar-refractivity contribution in [3.63, 3.8) is 0 Å². The van der Waals surface area contributed by atoms with Crippen LogP contribution in [0.25, 0.3) is 0 Å². The van der Waals surface area contributed by atoms with Crippen molar-refractivity contribution in [2.75, 3.05) is 8.86 Å². The molecular formula is C70H116I2O. The molecule has 0 aliphatic heterocycles. The molecule has 0 spiro atoms. The van der Waals surface area contributed by atoms with Gasteiger partial charge in [0.2, 0.25) is 0 Å². The number of hydrogen-bond acceptors (Lipinski definition) is 1. The van der Waals surface area contributed by atoms with Gasteiger partial charge < -0.3 is 4.74 Å².